The second-order valence-corrected chi connectivity index (χ2v) is 8.34. The molecule has 0 N–H and O–H groups in total. The van der Waals surface area contributed by atoms with Crippen LogP contribution in [0.3, 0.4) is 0 Å². The Bertz CT molecular complexity index is 1340. The molecule has 1 aliphatic heterocycles. The molecule has 0 fully saturated rings. The average Bonchev–Trinajstić information content (AvgIpc) is 3.34. The van der Waals surface area contributed by atoms with Crippen molar-refractivity contribution >= 4 is 34.3 Å². The number of carbonyl (C=O) groups is 2. The topological polar surface area (TPSA) is 64.4 Å². The van der Waals surface area contributed by atoms with Crippen LogP contribution in [0.15, 0.2) is 67.0 Å². The summed E-state index contributed by atoms with van der Waals surface area (Å²) in [7, 11) is 1.64. The van der Waals surface area contributed by atoms with E-state index < -0.39 is 0 Å². The second kappa shape index (κ2) is 8.71. The minimum atomic E-state index is -0.208. The van der Waals surface area contributed by atoms with E-state index in [1.54, 1.807) is 37.6 Å². The maximum atomic E-state index is 12.6. The van der Waals surface area contributed by atoms with E-state index >= 15 is 0 Å². The van der Waals surface area contributed by atoms with E-state index in [2.05, 4.69) is 15.7 Å². The fourth-order valence-corrected chi connectivity index (χ4v) is 4.65. The highest BCUT2D eigenvalue weighted by molar-refractivity contribution is 6.35. The summed E-state index contributed by atoms with van der Waals surface area (Å²) in [6.45, 7) is 1.13. The molecule has 0 saturated carbocycles. The number of hydrogen-bond donors (Lipinski definition) is 0. The molecule has 1 aliphatic rings. The lowest BCUT2D eigenvalue weighted by molar-refractivity contribution is 0.0651. The number of imide groups is 1. The van der Waals surface area contributed by atoms with Crippen LogP contribution in [0.2, 0.25) is 5.15 Å². The van der Waals surface area contributed by atoms with Crippen molar-refractivity contribution in [3.05, 3.63) is 83.3 Å². The van der Waals surface area contributed by atoms with Gasteiger partial charge in [0.1, 0.15) is 10.9 Å². The highest BCUT2D eigenvalue weighted by Gasteiger charge is 2.34. The SMILES string of the molecule is COc1cccc(-c2cn(CCCCN3C(=O)c4ccccc4C3=O)c3ccnc(Cl)c23)c1. The van der Waals surface area contributed by atoms with Gasteiger partial charge < -0.3 is 9.30 Å². The molecule has 0 aliphatic carbocycles. The summed E-state index contributed by atoms with van der Waals surface area (Å²) in [4.78, 5) is 30.8. The van der Waals surface area contributed by atoms with Gasteiger partial charge in [0.05, 0.1) is 23.8 Å². The van der Waals surface area contributed by atoms with Crippen molar-refractivity contribution in [2.45, 2.75) is 19.4 Å². The number of hydrogen-bond acceptors (Lipinski definition) is 4. The van der Waals surface area contributed by atoms with Crippen LogP contribution in [-0.4, -0.2) is 39.9 Å². The summed E-state index contributed by atoms with van der Waals surface area (Å²) < 4.78 is 7.53. The third-order valence-electron chi connectivity index (χ3n) is 6.04. The van der Waals surface area contributed by atoms with Gasteiger partial charge in [0.15, 0.2) is 0 Å². The maximum absolute atomic E-state index is 12.6. The zero-order chi connectivity index (χ0) is 22.9. The summed E-state index contributed by atoms with van der Waals surface area (Å²) in [5.41, 5.74) is 3.96. The molecule has 6 nitrogen and oxygen atoms in total. The first kappa shape index (κ1) is 21.2. The van der Waals surface area contributed by atoms with Gasteiger partial charge in [0, 0.05) is 36.4 Å². The summed E-state index contributed by atoms with van der Waals surface area (Å²) in [5.74, 6) is 0.356. The van der Waals surface area contributed by atoms with E-state index in [-0.39, 0.29) is 11.8 Å². The molecule has 2 aromatic heterocycles. The Morgan fingerprint density at radius 3 is 2.36 bits per heavy atom. The Kier molecular flexibility index (Phi) is 5.60. The Hall–Kier alpha value is -3.64. The second-order valence-electron chi connectivity index (χ2n) is 7.98. The number of aryl methyl sites for hydroxylation is 1. The monoisotopic (exact) mass is 459 g/mol. The molecule has 5 rings (SSSR count). The number of amides is 2. The van der Waals surface area contributed by atoms with Gasteiger partial charge in [-0.25, -0.2) is 4.98 Å². The van der Waals surface area contributed by atoms with Gasteiger partial charge in [-0.2, -0.15) is 0 Å². The lowest BCUT2D eigenvalue weighted by Crippen LogP contribution is -2.30. The number of methoxy groups -OCH3 is 1. The number of nitrogens with zero attached hydrogens (tertiary/aromatic N) is 3. The number of carbonyl (C=O) groups excluding carboxylic acids is 2. The van der Waals surface area contributed by atoms with E-state index in [9.17, 15) is 9.59 Å². The Morgan fingerprint density at radius 1 is 0.909 bits per heavy atom. The molecule has 3 heterocycles. The Balaban J connectivity index is 1.34. The van der Waals surface area contributed by atoms with E-state index in [0.29, 0.717) is 29.2 Å². The van der Waals surface area contributed by atoms with Gasteiger partial charge in [-0.05, 0) is 48.7 Å². The van der Waals surface area contributed by atoms with E-state index in [4.69, 9.17) is 16.3 Å². The molecule has 7 heteroatoms. The van der Waals surface area contributed by atoms with Crippen molar-refractivity contribution in [3.8, 4) is 16.9 Å². The summed E-state index contributed by atoms with van der Waals surface area (Å²) in [6.07, 6.45) is 5.29. The first-order valence-corrected chi connectivity index (χ1v) is 11.2. The van der Waals surface area contributed by atoms with Gasteiger partial charge in [-0.1, -0.05) is 35.9 Å². The Labute approximate surface area is 196 Å². The molecule has 2 aromatic carbocycles. The van der Waals surface area contributed by atoms with Crippen LogP contribution in [0, 0.1) is 0 Å². The van der Waals surface area contributed by atoms with Crippen molar-refractivity contribution in [1.82, 2.24) is 14.5 Å². The van der Waals surface area contributed by atoms with Crippen molar-refractivity contribution in [2.24, 2.45) is 0 Å². The number of pyridine rings is 1. The number of halogens is 1. The number of benzene rings is 2. The number of aromatic nitrogens is 2. The summed E-state index contributed by atoms with van der Waals surface area (Å²) >= 11 is 6.49. The van der Waals surface area contributed by atoms with Gasteiger partial charge in [-0.15, -0.1) is 0 Å². The molecule has 0 unspecified atom stereocenters. The van der Waals surface area contributed by atoms with Crippen molar-refractivity contribution in [1.29, 1.82) is 0 Å². The molecule has 0 bridgehead atoms. The Morgan fingerprint density at radius 2 is 1.64 bits per heavy atom. The first-order chi connectivity index (χ1) is 16.1. The molecule has 0 radical (unpaired) electrons. The standard InChI is InChI=1S/C26H22ClN3O3/c1-33-18-8-6-7-17(15-18)21-16-29(22-11-12-28-24(27)23(21)22)13-4-5-14-30-25(31)19-9-2-3-10-20(19)26(30)32/h2-3,6-12,15-16H,4-5,13-14H2,1H3. The van der Waals surface area contributed by atoms with Crippen LogP contribution >= 0.6 is 11.6 Å². The van der Waals surface area contributed by atoms with Gasteiger partial charge in [-0.3, -0.25) is 14.5 Å². The third-order valence-corrected chi connectivity index (χ3v) is 6.32. The minimum absolute atomic E-state index is 0.208. The molecule has 33 heavy (non-hydrogen) atoms. The van der Waals surface area contributed by atoms with Crippen LogP contribution in [-0.2, 0) is 6.54 Å². The molecule has 4 aromatic rings. The fourth-order valence-electron chi connectivity index (χ4n) is 4.39. The predicted molar refractivity (Wildman–Crippen MR) is 128 cm³/mol. The molecule has 166 valence electrons. The zero-order valence-electron chi connectivity index (χ0n) is 18.1. The summed E-state index contributed by atoms with van der Waals surface area (Å²) in [6, 6.07) is 16.8. The molecular weight excluding hydrogens is 438 g/mol. The normalized spacial score (nSPS) is 13.1. The van der Waals surface area contributed by atoms with Crippen LogP contribution in [0.1, 0.15) is 33.6 Å². The lowest BCUT2D eigenvalue weighted by atomic mass is 10.1. The molecule has 0 saturated heterocycles. The smallest absolute Gasteiger partial charge is 0.261 e. The largest absolute Gasteiger partial charge is 0.497 e. The van der Waals surface area contributed by atoms with E-state index in [0.717, 1.165) is 40.7 Å². The number of ether oxygens (including phenoxy) is 1. The van der Waals surface area contributed by atoms with Gasteiger partial charge in [0.25, 0.3) is 11.8 Å². The maximum Gasteiger partial charge on any atom is 0.261 e. The zero-order valence-corrected chi connectivity index (χ0v) is 18.9. The van der Waals surface area contributed by atoms with Gasteiger partial charge in [0.2, 0.25) is 0 Å². The van der Waals surface area contributed by atoms with Crippen molar-refractivity contribution in [3.63, 3.8) is 0 Å². The van der Waals surface area contributed by atoms with Crippen molar-refractivity contribution in [2.75, 3.05) is 13.7 Å². The van der Waals surface area contributed by atoms with Crippen LogP contribution < -0.4 is 4.74 Å². The van der Waals surface area contributed by atoms with E-state index in [1.807, 2.05) is 30.3 Å². The summed E-state index contributed by atoms with van der Waals surface area (Å²) in [5, 5.41) is 1.35. The number of fused-ring (bicyclic) bond motifs is 2. The number of rotatable bonds is 7. The minimum Gasteiger partial charge on any atom is -0.497 e. The highest BCUT2D eigenvalue weighted by atomic mass is 35.5. The quantitative estimate of drug-likeness (QED) is 0.210. The van der Waals surface area contributed by atoms with Crippen LogP contribution in [0.5, 0.6) is 5.75 Å². The molecular formula is C26H22ClN3O3. The van der Waals surface area contributed by atoms with Crippen LogP contribution in [0.4, 0.5) is 0 Å². The lowest BCUT2D eigenvalue weighted by Gasteiger charge is -2.13. The molecule has 0 spiro atoms. The van der Waals surface area contributed by atoms with E-state index in [1.165, 1.54) is 4.90 Å². The van der Waals surface area contributed by atoms with Crippen LogP contribution in [0.25, 0.3) is 22.0 Å². The number of unbranched alkanes of at least 4 members (excludes halogenated alkanes) is 1. The van der Waals surface area contributed by atoms with Crippen molar-refractivity contribution < 1.29 is 14.3 Å². The highest BCUT2D eigenvalue weighted by Crippen LogP contribution is 2.36. The molecule has 0 atom stereocenters. The predicted octanol–water partition coefficient (Wildman–Crippen LogP) is 5.44. The van der Waals surface area contributed by atoms with Gasteiger partial charge >= 0.3 is 0 Å². The average molecular weight is 460 g/mol. The molecule has 2 amide bonds. The third kappa shape index (κ3) is 3.76. The fraction of sp³-hybridized carbons (Fsp3) is 0.192. The first-order valence-electron chi connectivity index (χ1n) is 10.8.